The van der Waals surface area contributed by atoms with Crippen LogP contribution in [0.2, 0.25) is 0 Å². The van der Waals surface area contributed by atoms with Crippen LogP contribution in [0.1, 0.15) is 28.5 Å². The van der Waals surface area contributed by atoms with E-state index in [1.807, 2.05) is 41.7 Å². The van der Waals surface area contributed by atoms with E-state index in [4.69, 9.17) is 0 Å². The van der Waals surface area contributed by atoms with E-state index in [9.17, 15) is 0 Å². The molecule has 0 aliphatic carbocycles. The molecule has 2 aromatic rings. The highest BCUT2D eigenvalue weighted by Crippen LogP contribution is 2.25. The van der Waals surface area contributed by atoms with Gasteiger partial charge in [-0.2, -0.15) is 5.10 Å². The molecular formula is C13H18N6. The maximum atomic E-state index is 4.32. The summed E-state index contributed by atoms with van der Waals surface area (Å²) in [5.41, 5.74) is 4.50. The van der Waals surface area contributed by atoms with Crippen molar-refractivity contribution in [1.82, 2.24) is 19.7 Å². The average molecular weight is 258 g/mol. The topological polar surface area (TPSA) is 68.3 Å². The molecule has 2 rings (SSSR count). The maximum absolute atomic E-state index is 4.32. The SMILES string of the molecule is Cc1nc(C)c(N=Nc2nn(C)c(C)c2C)c(C)n1. The number of azo groups is 1. The van der Waals surface area contributed by atoms with Crippen LogP contribution >= 0.6 is 0 Å². The molecule has 0 aromatic carbocycles. The smallest absolute Gasteiger partial charge is 0.198 e. The highest BCUT2D eigenvalue weighted by Gasteiger charge is 2.09. The number of hydrogen-bond donors (Lipinski definition) is 0. The van der Waals surface area contributed by atoms with E-state index < -0.39 is 0 Å². The molecule has 0 spiro atoms. The Hall–Kier alpha value is -2.11. The molecule has 2 heterocycles. The normalized spacial score (nSPS) is 11.5. The quantitative estimate of drug-likeness (QED) is 0.777. The summed E-state index contributed by atoms with van der Waals surface area (Å²) in [6, 6.07) is 0. The van der Waals surface area contributed by atoms with E-state index in [2.05, 4.69) is 25.3 Å². The van der Waals surface area contributed by atoms with Crippen molar-refractivity contribution in [3.05, 3.63) is 28.5 Å². The summed E-state index contributed by atoms with van der Waals surface area (Å²) in [7, 11) is 1.90. The zero-order chi connectivity index (χ0) is 14.2. The van der Waals surface area contributed by atoms with Crippen LogP contribution in [0.15, 0.2) is 10.2 Å². The first kappa shape index (κ1) is 13.3. The molecule has 0 fully saturated rings. The van der Waals surface area contributed by atoms with E-state index in [0.717, 1.165) is 28.5 Å². The number of nitrogens with zero attached hydrogens (tertiary/aromatic N) is 6. The minimum atomic E-state index is 0.638. The van der Waals surface area contributed by atoms with Crippen LogP contribution in [0.5, 0.6) is 0 Å². The highest BCUT2D eigenvalue weighted by atomic mass is 15.3. The standard InChI is InChI=1S/C13H18N6/c1-7-10(4)19(6)18-13(7)17-16-12-8(2)14-11(5)15-9(12)3/h1-6H3. The third-order valence-electron chi connectivity index (χ3n) is 3.20. The van der Waals surface area contributed by atoms with Crippen LogP contribution in [0, 0.1) is 34.6 Å². The second-order valence-corrected chi connectivity index (χ2v) is 4.65. The van der Waals surface area contributed by atoms with Crippen LogP contribution < -0.4 is 0 Å². The van der Waals surface area contributed by atoms with E-state index >= 15 is 0 Å². The van der Waals surface area contributed by atoms with E-state index in [0.29, 0.717) is 11.5 Å². The first-order chi connectivity index (χ1) is 8.90. The largest absolute Gasteiger partial charge is 0.270 e. The molecule has 2 aromatic heterocycles. The molecule has 0 N–H and O–H groups in total. The predicted octanol–water partition coefficient (Wildman–Crippen LogP) is 3.17. The molecule has 0 aliphatic heterocycles. The van der Waals surface area contributed by atoms with Crippen LogP contribution in [-0.2, 0) is 7.05 Å². The van der Waals surface area contributed by atoms with Crippen molar-refractivity contribution in [3.63, 3.8) is 0 Å². The molecule has 0 bridgehead atoms. The molecule has 6 heteroatoms. The van der Waals surface area contributed by atoms with Crippen molar-refractivity contribution in [3.8, 4) is 0 Å². The summed E-state index contributed by atoms with van der Waals surface area (Å²) in [6.07, 6.45) is 0. The predicted molar refractivity (Wildman–Crippen MR) is 73.1 cm³/mol. The summed E-state index contributed by atoms with van der Waals surface area (Å²) in [5.74, 6) is 1.39. The summed E-state index contributed by atoms with van der Waals surface area (Å²) in [4.78, 5) is 8.60. The molecule has 0 atom stereocenters. The van der Waals surface area contributed by atoms with Crippen LogP contribution in [0.4, 0.5) is 11.5 Å². The van der Waals surface area contributed by atoms with E-state index in [1.165, 1.54) is 0 Å². The second-order valence-electron chi connectivity index (χ2n) is 4.65. The zero-order valence-corrected chi connectivity index (χ0v) is 12.2. The van der Waals surface area contributed by atoms with Gasteiger partial charge in [0.2, 0.25) is 0 Å². The molecule has 0 unspecified atom stereocenters. The van der Waals surface area contributed by atoms with Crippen molar-refractivity contribution in [2.45, 2.75) is 34.6 Å². The number of aromatic nitrogens is 4. The molecule has 0 amide bonds. The van der Waals surface area contributed by atoms with Gasteiger partial charge in [-0.15, -0.1) is 10.2 Å². The third-order valence-corrected chi connectivity index (χ3v) is 3.20. The second kappa shape index (κ2) is 4.87. The highest BCUT2D eigenvalue weighted by molar-refractivity contribution is 5.46. The van der Waals surface area contributed by atoms with Gasteiger partial charge in [0.25, 0.3) is 0 Å². The van der Waals surface area contributed by atoms with Crippen molar-refractivity contribution in [2.24, 2.45) is 17.3 Å². The first-order valence-corrected chi connectivity index (χ1v) is 6.14. The zero-order valence-electron chi connectivity index (χ0n) is 12.2. The summed E-state index contributed by atoms with van der Waals surface area (Å²) < 4.78 is 1.80. The Balaban J connectivity index is 2.41. The molecule has 0 saturated carbocycles. The Labute approximate surface area is 112 Å². The van der Waals surface area contributed by atoms with Gasteiger partial charge in [-0.1, -0.05) is 0 Å². The van der Waals surface area contributed by atoms with Crippen LogP contribution in [0.25, 0.3) is 0 Å². The Morgan fingerprint density at radius 1 is 0.895 bits per heavy atom. The fourth-order valence-corrected chi connectivity index (χ4v) is 1.91. The number of aryl methyl sites for hydroxylation is 4. The van der Waals surface area contributed by atoms with Gasteiger partial charge in [-0.3, -0.25) is 4.68 Å². The van der Waals surface area contributed by atoms with Gasteiger partial charge < -0.3 is 0 Å². The van der Waals surface area contributed by atoms with E-state index in [-0.39, 0.29) is 0 Å². The summed E-state index contributed by atoms with van der Waals surface area (Å²) in [5, 5.41) is 12.8. The van der Waals surface area contributed by atoms with Crippen molar-refractivity contribution >= 4 is 11.5 Å². The monoisotopic (exact) mass is 258 g/mol. The van der Waals surface area contributed by atoms with Gasteiger partial charge in [-0.05, 0) is 34.6 Å². The fourth-order valence-electron chi connectivity index (χ4n) is 1.91. The van der Waals surface area contributed by atoms with Gasteiger partial charge in [0, 0.05) is 18.3 Å². The third kappa shape index (κ3) is 2.52. The van der Waals surface area contributed by atoms with Gasteiger partial charge >= 0.3 is 0 Å². The molecule has 0 aliphatic rings. The number of rotatable bonds is 2. The lowest BCUT2D eigenvalue weighted by Crippen LogP contribution is -1.94. The molecule has 0 saturated heterocycles. The average Bonchev–Trinajstić information content (AvgIpc) is 2.55. The minimum absolute atomic E-state index is 0.638. The van der Waals surface area contributed by atoms with Crippen molar-refractivity contribution in [1.29, 1.82) is 0 Å². The van der Waals surface area contributed by atoms with Crippen molar-refractivity contribution in [2.75, 3.05) is 0 Å². The van der Waals surface area contributed by atoms with Crippen molar-refractivity contribution < 1.29 is 0 Å². The number of hydrogen-bond acceptors (Lipinski definition) is 5. The van der Waals surface area contributed by atoms with Gasteiger partial charge in [-0.25, -0.2) is 9.97 Å². The lowest BCUT2D eigenvalue weighted by Gasteiger charge is -2.02. The summed E-state index contributed by atoms with van der Waals surface area (Å²) >= 11 is 0. The van der Waals surface area contributed by atoms with Gasteiger partial charge in [0.1, 0.15) is 11.5 Å². The molecular weight excluding hydrogens is 240 g/mol. The van der Waals surface area contributed by atoms with Gasteiger partial charge in [0.15, 0.2) is 5.82 Å². The minimum Gasteiger partial charge on any atom is -0.270 e. The molecule has 0 radical (unpaired) electrons. The summed E-state index contributed by atoms with van der Waals surface area (Å²) in [6.45, 7) is 9.68. The van der Waals surface area contributed by atoms with E-state index in [1.54, 1.807) is 4.68 Å². The molecule has 19 heavy (non-hydrogen) atoms. The lowest BCUT2D eigenvalue weighted by atomic mass is 10.3. The Bertz CT molecular complexity index is 630. The molecule has 100 valence electrons. The maximum Gasteiger partial charge on any atom is 0.198 e. The van der Waals surface area contributed by atoms with Crippen LogP contribution in [0.3, 0.4) is 0 Å². The molecule has 6 nitrogen and oxygen atoms in total. The Morgan fingerprint density at radius 2 is 1.47 bits per heavy atom. The Kier molecular flexibility index (Phi) is 3.42. The lowest BCUT2D eigenvalue weighted by molar-refractivity contribution is 0.738. The van der Waals surface area contributed by atoms with Gasteiger partial charge in [0.05, 0.1) is 11.4 Å². The first-order valence-electron chi connectivity index (χ1n) is 6.14. The fraction of sp³-hybridized carbons (Fsp3) is 0.462. The van der Waals surface area contributed by atoms with Crippen LogP contribution in [-0.4, -0.2) is 19.7 Å². The Morgan fingerprint density at radius 3 is 1.95 bits per heavy atom.